The summed E-state index contributed by atoms with van der Waals surface area (Å²) in [5, 5.41) is 0.987. The molecule has 120 valence electrons. The van der Waals surface area contributed by atoms with Crippen LogP contribution in [0.3, 0.4) is 0 Å². The summed E-state index contributed by atoms with van der Waals surface area (Å²) < 4.78 is 4.19. The van der Waals surface area contributed by atoms with E-state index in [-0.39, 0.29) is 0 Å². The number of nitrogens with zero attached hydrogens (tertiary/aromatic N) is 4. The number of benzene rings is 3. The van der Waals surface area contributed by atoms with Crippen molar-refractivity contribution in [3.63, 3.8) is 0 Å². The van der Waals surface area contributed by atoms with Crippen LogP contribution < -0.4 is 4.68 Å². The van der Waals surface area contributed by atoms with Crippen LogP contribution in [0.5, 0.6) is 0 Å². The predicted molar refractivity (Wildman–Crippen MR) is 101 cm³/mol. The van der Waals surface area contributed by atoms with E-state index >= 15 is 0 Å². The van der Waals surface area contributed by atoms with Gasteiger partial charge in [-0.3, -0.25) is 4.85 Å². The van der Waals surface area contributed by atoms with Crippen molar-refractivity contribution in [2.45, 2.75) is 6.54 Å². The molecule has 1 aliphatic rings. The minimum Gasteiger partial charge on any atom is -0.250 e. The van der Waals surface area contributed by atoms with E-state index in [9.17, 15) is 0 Å². The van der Waals surface area contributed by atoms with Crippen LogP contribution in [0.15, 0.2) is 66.9 Å². The highest BCUT2D eigenvalue weighted by Crippen LogP contribution is 2.39. The van der Waals surface area contributed by atoms with Gasteiger partial charge in [-0.1, -0.05) is 48.5 Å². The van der Waals surface area contributed by atoms with E-state index in [0.717, 1.165) is 23.1 Å². The second-order valence-electron chi connectivity index (χ2n) is 6.34. The summed E-state index contributed by atoms with van der Waals surface area (Å²) in [6, 6.07) is 20.4. The van der Waals surface area contributed by atoms with Gasteiger partial charge in [0.1, 0.15) is 11.2 Å². The van der Waals surface area contributed by atoms with E-state index in [4.69, 9.17) is 13.1 Å². The highest BCUT2D eigenvalue weighted by Gasteiger charge is 2.30. The number of rotatable bonds is 1. The van der Waals surface area contributed by atoms with Gasteiger partial charge in [0.15, 0.2) is 12.2 Å². The molecule has 0 unspecified atom stereocenters. The number of hydrogen-bond donors (Lipinski definition) is 0. The van der Waals surface area contributed by atoms with Crippen molar-refractivity contribution in [3.8, 4) is 16.8 Å². The van der Waals surface area contributed by atoms with Gasteiger partial charge in [-0.2, -0.15) is 0 Å². The largest absolute Gasteiger partial charge is 0.250 e. The first-order valence-corrected chi connectivity index (χ1v) is 8.32. The Morgan fingerprint density at radius 3 is 2.50 bits per heavy atom. The Morgan fingerprint density at radius 2 is 1.73 bits per heavy atom. The molecule has 0 fully saturated rings. The van der Waals surface area contributed by atoms with Crippen molar-refractivity contribution in [2.24, 2.45) is 0 Å². The molecule has 3 aromatic carbocycles. The van der Waals surface area contributed by atoms with Crippen molar-refractivity contribution in [3.05, 3.63) is 95.3 Å². The third kappa shape index (κ3) is 1.90. The molecule has 0 N–H and O–H groups in total. The van der Waals surface area contributed by atoms with Crippen LogP contribution in [0.25, 0.3) is 37.4 Å². The third-order valence-electron chi connectivity index (χ3n) is 4.90. The van der Waals surface area contributed by atoms with Gasteiger partial charge < -0.3 is 0 Å². The van der Waals surface area contributed by atoms with Gasteiger partial charge in [0, 0.05) is 5.56 Å². The molecule has 0 saturated heterocycles. The van der Waals surface area contributed by atoms with E-state index in [2.05, 4.69) is 55.6 Å². The second-order valence-corrected chi connectivity index (χ2v) is 6.34. The second kappa shape index (κ2) is 5.31. The van der Waals surface area contributed by atoms with E-state index in [1.165, 1.54) is 16.7 Å². The smallest absolute Gasteiger partial charge is 0.224 e. The minimum atomic E-state index is 0.406. The standard InChI is InChI=1S/C22H13N4/c1-23-19-10-8-17-13-25-14-18-12-16(15-6-4-3-5-7-15)9-11-20(18)26(25)22(17)21(19)24-2/h3-13H,14H2/q+1. The molecule has 26 heavy (non-hydrogen) atoms. The summed E-state index contributed by atoms with van der Waals surface area (Å²) in [6.45, 7) is 15.7. The Bertz CT molecular complexity index is 1270. The summed E-state index contributed by atoms with van der Waals surface area (Å²) >= 11 is 0. The van der Waals surface area contributed by atoms with Gasteiger partial charge in [0.2, 0.25) is 11.9 Å². The van der Waals surface area contributed by atoms with E-state index in [1.54, 1.807) is 6.07 Å². The van der Waals surface area contributed by atoms with Crippen molar-refractivity contribution < 1.29 is 4.68 Å². The molecule has 0 spiro atoms. The monoisotopic (exact) mass is 333 g/mol. The van der Waals surface area contributed by atoms with Gasteiger partial charge in [0.25, 0.3) is 0 Å². The summed E-state index contributed by atoms with van der Waals surface area (Å²) in [7, 11) is 0. The molecule has 0 amide bonds. The number of fused-ring (bicyclic) bond motifs is 5. The molecule has 4 aromatic rings. The molecule has 4 nitrogen and oxygen atoms in total. The normalized spacial score (nSPS) is 11.6. The summed E-state index contributed by atoms with van der Waals surface area (Å²) in [4.78, 5) is 7.18. The SMILES string of the molecule is [C-]#[N+]c1ccc2c[n+]3n(c2c1[N+]#[C-])-c1ccc(-c2ccccc2)cc1C3. The molecule has 0 atom stereocenters. The minimum absolute atomic E-state index is 0.406. The molecule has 0 bridgehead atoms. The quantitative estimate of drug-likeness (QED) is 0.302. The van der Waals surface area contributed by atoms with Crippen LogP contribution in [0.1, 0.15) is 5.56 Å². The molecule has 0 radical (unpaired) electrons. The number of hydrogen-bond acceptors (Lipinski definition) is 0. The average molecular weight is 333 g/mol. The molecule has 0 saturated carbocycles. The maximum absolute atomic E-state index is 7.56. The first kappa shape index (κ1) is 14.5. The van der Waals surface area contributed by atoms with Crippen molar-refractivity contribution in [2.75, 3.05) is 0 Å². The molecule has 5 rings (SSSR count). The first-order chi connectivity index (χ1) is 12.8. The van der Waals surface area contributed by atoms with Crippen LogP contribution in [-0.2, 0) is 6.54 Å². The van der Waals surface area contributed by atoms with Crippen molar-refractivity contribution in [1.29, 1.82) is 0 Å². The van der Waals surface area contributed by atoms with Crippen LogP contribution in [0, 0.1) is 13.1 Å². The fraction of sp³-hybridized carbons (Fsp3) is 0.0455. The lowest BCUT2D eigenvalue weighted by Gasteiger charge is -2.05. The summed E-state index contributed by atoms with van der Waals surface area (Å²) in [6.07, 6.45) is 2.06. The topological polar surface area (TPSA) is 17.5 Å². The molecule has 2 heterocycles. The Kier molecular flexibility index (Phi) is 2.95. The lowest BCUT2D eigenvalue weighted by Crippen LogP contribution is -2.36. The Labute approximate surface area is 150 Å². The van der Waals surface area contributed by atoms with Crippen LogP contribution in [0.2, 0.25) is 0 Å². The molecule has 4 heteroatoms. The lowest BCUT2D eigenvalue weighted by molar-refractivity contribution is -0.749. The zero-order chi connectivity index (χ0) is 17.7. The molecular formula is C22H13N4+. The Balaban J connectivity index is 1.75. The van der Waals surface area contributed by atoms with Crippen LogP contribution in [0.4, 0.5) is 11.4 Å². The highest BCUT2D eigenvalue weighted by atomic mass is 15.4. The van der Waals surface area contributed by atoms with Gasteiger partial charge >= 0.3 is 0 Å². The average Bonchev–Trinajstić information content (AvgIpc) is 3.22. The van der Waals surface area contributed by atoms with Crippen molar-refractivity contribution in [1.82, 2.24) is 4.68 Å². The van der Waals surface area contributed by atoms with Crippen LogP contribution >= 0.6 is 0 Å². The zero-order valence-electron chi connectivity index (χ0n) is 13.8. The fourth-order valence-electron chi connectivity index (χ4n) is 3.74. The molecule has 0 aliphatic carbocycles. The molecule has 1 aromatic heterocycles. The highest BCUT2D eigenvalue weighted by molar-refractivity contribution is 5.99. The third-order valence-corrected chi connectivity index (χ3v) is 4.90. The molecular weight excluding hydrogens is 320 g/mol. The van der Waals surface area contributed by atoms with Gasteiger partial charge in [0.05, 0.1) is 18.5 Å². The Hall–Kier alpha value is -3.89. The predicted octanol–water partition coefficient (Wildman–Crippen LogP) is 5.05. The van der Waals surface area contributed by atoms with Gasteiger partial charge in [-0.15, -0.1) is 9.36 Å². The Morgan fingerprint density at radius 1 is 0.885 bits per heavy atom. The van der Waals surface area contributed by atoms with Gasteiger partial charge in [-0.25, -0.2) is 4.85 Å². The van der Waals surface area contributed by atoms with E-state index < -0.39 is 0 Å². The molecule has 1 aliphatic heterocycles. The van der Waals surface area contributed by atoms with E-state index in [0.29, 0.717) is 11.4 Å². The van der Waals surface area contributed by atoms with Crippen molar-refractivity contribution >= 4 is 22.3 Å². The maximum Gasteiger partial charge on any atom is 0.224 e. The lowest BCUT2D eigenvalue weighted by atomic mass is 10.0. The zero-order valence-corrected chi connectivity index (χ0v) is 13.8. The number of aromatic nitrogens is 2. The van der Waals surface area contributed by atoms with Crippen LogP contribution in [-0.4, -0.2) is 4.68 Å². The summed E-state index contributed by atoms with van der Waals surface area (Å²) in [5.74, 6) is 0. The fourth-order valence-corrected chi connectivity index (χ4v) is 3.74. The first-order valence-electron chi connectivity index (χ1n) is 8.32. The van der Waals surface area contributed by atoms with Gasteiger partial charge in [-0.05, 0) is 23.3 Å². The summed E-state index contributed by atoms with van der Waals surface area (Å²) in [5.41, 5.74) is 6.33. The maximum atomic E-state index is 7.56. The van der Waals surface area contributed by atoms with E-state index in [1.807, 2.05) is 24.3 Å².